The second kappa shape index (κ2) is 2.29. The van der Waals surface area contributed by atoms with E-state index in [0.717, 1.165) is 0 Å². The summed E-state index contributed by atoms with van der Waals surface area (Å²) < 4.78 is 5.14. The molecule has 0 N–H and O–H groups in total. The second-order valence-corrected chi connectivity index (χ2v) is 3.63. The number of carbonyl (C=O) groups excluding carboxylic acids is 1. The number of hydrogen-bond acceptors (Lipinski definition) is 4. The lowest BCUT2D eigenvalue weighted by atomic mass is 10.1. The van der Waals surface area contributed by atoms with Crippen LogP contribution in [0.25, 0.3) is 10.4 Å². The third-order valence-electron chi connectivity index (χ3n) is 1.90. The van der Waals surface area contributed by atoms with Crippen LogP contribution in [0.5, 0.6) is 0 Å². The van der Waals surface area contributed by atoms with Crippen molar-refractivity contribution in [1.29, 1.82) is 0 Å². The first-order valence-electron chi connectivity index (χ1n) is 3.40. The molecule has 6 nitrogen and oxygen atoms in total. The molecule has 0 aromatic heterocycles. The molecule has 2 rings (SSSR count). The molecule has 2 saturated heterocycles. The largest absolute Gasteiger partial charge is 0.293 e. The van der Waals surface area contributed by atoms with Gasteiger partial charge >= 0.3 is 0 Å². The first-order valence-corrected chi connectivity index (χ1v) is 4.21. The van der Waals surface area contributed by atoms with Crippen molar-refractivity contribution < 1.29 is 8.98 Å². The minimum Gasteiger partial charge on any atom is -0.293 e. The third-order valence-corrected chi connectivity index (χ3v) is 2.91. The molecule has 0 bridgehead atoms. The summed E-state index contributed by atoms with van der Waals surface area (Å²) in [5.74, 6) is -1.14. The predicted molar refractivity (Wildman–Crippen MR) is 41.5 cm³/mol. The summed E-state index contributed by atoms with van der Waals surface area (Å²) in [5, 5.41) is 3.47. The van der Waals surface area contributed by atoms with Crippen LogP contribution in [-0.4, -0.2) is 22.0 Å². The van der Waals surface area contributed by atoms with Gasteiger partial charge in [0.1, 0.15) is 5.37 Å². The van der Waals surface area contributed by atoms with Crippen molar-refractivity contribution in [3.05, 3.63) is 10.4 Å². The highest BCUT2D eigenvalue weighted by atomic mass is 32.2. The molecule has 1 unspecified atom stereocenters. The van der Waals surface area contributed by atoms with Crippen LogP contribution in [0.1, 0.15) is 13.3 Å². The van der Waals surface area contributed by atoms with Crippen LogP contribution in [-0.2, 0) is 8.98 Å². The lowest BCUT2D eigenvalue weighted by molar-refractivity contribution is -0.158. The van der Waals surface area contributed by atoms with Crippen molar-refractivity contribution in [3.8, 4) is 0 Å². The van der Waals surface area contributed by atoms with Crippen LogP contribution < -0.4 is 0 Å². The average molecular weight is 186 g/mol. The van der Waals surface area contributed by atoms with Gasteiger partial charge in [-0.1, -0.05) is 0 Å². The highest BCUT2D eigenvalue weighted by Crippen LogP contribution is 2.46. The van der Waals surface area contributed by atoms with Gasteiger partial charge in [0.15, 0.2) is 0 Å². The first kappa shape index (κ1) is 7.72. The first-order chi connectivity index (χ1) is 5.67. The van der Waals surface area contributed by atoms with Gasteiger partial charge in [0, 0.05) is 17.0 Å². The number of β-lactam (4-membered cyclic amide) rings is 1. The van der Waals surface area contributed by atoms with Gasteiger partial charge < -0.3 is 0 Å². The number of amides is 1. The number of carbonyl (C=O) groups is 1. The molecular formula is C5H6N4O2S. The Morgan fingerprint density at radius 3 is 3.33 bits per heavy atom. The quantitative estimate of drug-likeness (QED) is 0.203. The summed E-state index contributed by atoms with van der Waals surface area (Å²) in [7, 11) is 0. The zero-order valence-corrected chi connectivity index (χ0v) is 7.11. The molecule has 2 fully saturated rings. The van der Waals surface area contributed by atoms with Crippen LogP contribution in [0.4, 0.5) is 0 Å². The van der Waals surface area contributed by atoms with Crippen LogP contribution in [0, 0.1) is 0 Å². The van der Waals surface area contributed by atoms with Crippen LogP contribution >= 0.6 is 12.0 Å². The molecule has 2 aliphatic rings. The van der Waals surface area contributed by atoms with Gasteiger partial charge in [0.2, 0.25) is 11.8 Å². The smallest absolute Gasteiger partial charge is 0.234 e. The molecule has 2 heterocycles. The fourth-order valence-electron chi connectivity index (χ4n) is 1.30. The maximum absolute atomic E-state index is 11.1. The average Bonchev–Trinajstić information content (AvgIpc) is 2.21. The molecule has 2 aliphatic heterocycles. The predicted octanol–water partition coefficient (Wildman–Crippen LogP) is 1.21. The molecular weight excluding hydrogens is 180 g/mol. The number of fused-ring (bicyclic) bond motifs is 1. The topological polar surface area (TPSA) is 78.3 Å². The van der Waals surface area contributed by atoms with Gasteiger partial charge in [0.05, 0.1) is 6.42 Å². The number of rotatable bonds is 1. The van der Waals surface area contributed by atoms with Gasteiger partial charge in [-0.15, -0.1) is 0 Å². The Morgan fingerprint density at radius 1 is 2.00 bits per heavy atom. The normalized spacial score (nSPS) is 38.6. The van der Waals surface area contributed by atoms with E-state index in [0.29, 0.717) is 6.42 Å². The molecule has 0 aliphatic carbocycles. The molecule has 7 heteroatoms. The Balaban J connectivity index is 2.28. The van der Waals surface area contributed by atoms with E-state index in [1.54, 1.807) is 6.92 Å². The standard InChI is InChI=1S/C5H6N4O2S/c1-5(7-8-6)9-3(10)2-4(9)12-11-5/h4H,2H2,1H3/t4-,5?/m1/s1. The zero-order chi connectivity index (χ0) is 8.77. The summed E-state index contributed by atoms with van der Waals surface area (Å²) in [6.07, 6.45) is 0.473. The van der Waals surface area contributed by atoms with E-state index in [-0.39, 0.29) is 11.3 Å². The number of azide groups is 1. The van der Waals surface area contributed by atoms with Crippen molar-refractivity contribution in [2.24, 2.45) is 5.11 Å². The van der Waals surface area contributed by atoms with Crippen molar-refractivity contribution in [3.63, 3.8) is 0 Å². The molecule has 1 amide bonds. The lowest BCUT2D eigenvalue weighted by Gasteiger charge is -2.38. The van der Waals surface area contributed by atoms with Gasteiger partial charge in [-0.2, -0.15) is 0 Å². The van der Waals surface area contributed by atoms with E-state index < -0.39 is 5.85 Å². The van der Waals surface area contributed by atoms with E-state index in [1.165, 1.54) is 16.9 Å². The van der Waals surface area contributed by atoms with Gasteiger partial charge in [-0.05, 0) is 17.6 Å². The summed E-state index contributed by atoms with van der Waals surface area (Å²) in [4.78, 5) is 15.1. The van der Waals surface area contributed by atoms with Crippen molar-refractivity contribution >= 4 is 17.9 Å². The minimum atomic E-state index is -1.11. The Morgan fingerprint density at radius 2 is 2.75 bits per heavy atom. The Bertz CT molecular complexity index is 289. The van der Waals surface area contributed by atoms with Crippen LogP contribution in [0.2, 0.25) is 0 Å². The summed E-state index contributed by atoms with van der Waals surface area (Å²) in [5.41, 5.74) is 8.24. The van der Waals surface area contributed by atoms with Gasteiger partial charge in [-0.25, -0.2) is 0 Å². The van der Waals surface area contributed by atoms with E-state index in [2.05, 4.69) is 10.0 Å². The molecule has 2 atom stereocenters. The van der Waals surface area contributed by atoms with E-state index >= 15 is 0 Å². The third kappa shape index (κ3) is 0.811. The van der Waals surface area contributed by atoms with Gasteiger partial charge in [0.25, 0.3) is 0 Å². The van der Waals surface area contributed by atoms with Crippen molar-refractivity contribution in [2.45, 2.75) is 24.6 Å². The van der Waals surface area contributed by atoms with E-state index in [1.807, 2.05) is 0 Å². The summed E-state index contributed by atoms with van der Waals surface area (Å²) >= 11 is 1.18. The maximum Gasteiger partial charge on any atom is 0.234 e. The van der Waals surface area contributed by atoms with Crippen molar-refractivity contribution in [1.82, 2.24) is 4.90 Å². The monoisotopic (exact) mass is 186 g/mol. The molecule has 0 radical (unpaired) electrons. The zero-order valence-electron chi connectivity index (χ0n) is 6.30. The minimum absolute atomic E-state index is 0.0279. The molecule has 0 aromatic rings. The molecule has 64 valence electrons. The van der Waals surface area contributed by atoms with Crippen molar-refractivity contribution in [2.75, 3.05) is 0 Å². The molecule has 0 aromatic carbocycles. The second-order valence-electron chi connectivity index (χ2n) is 2.73. The Kier molecular flexibility index (Phi) is 1.47. The summed E-state index contributed by atoms with van der Waals surface area (Å²) in [6.45, 7) is 1.58. The van der Waals surface area contributed by atoms with Gasteiger partial charge in [-0.3, -0.25) is 13.9 Å². The Hall–Kier alpha value is -0.910. The Labute approximate surface area is 72.7 Å². The van der Waals surface area contributed by atoms with E-state index in [9.17, 15) is 4.79 Å². The lowest BCUT2D eigenvalue weighted by Crippen LogP contribution is -2.56. The van der Waals surface area contributed by atoms with E-state index in [4.69, 9.17) is 9.71 Å². The highest BCUT2D eigenvalue weighted by Gasteiger charge is 2.55. The van der Waals surface area contributed by atoms with Crippen LogP contribution in [0.3, 0.4) is 0 Å². The molecule has 0 spiro atoms. The van der Waals surface area contributed by atoms with Crippen LogP contribution in [0.15, 0.2) is 5.11 Å². The number of hydrogen-bond donors (Lipinski definition) is 0. The highest BCUT2D eigenvalue weighted by molar-refractivity contribution is 7.95. The SMILES string of the molecule is CC1(N=[N+]=[N-])OS[C@@H]2CC(=O)N21. The molecule has 0 saturated carbocycles. The fraction of sp³-hybridized carbons (Fsp3) is 0.800. The number of nitrogens with zero attached hydrogens (tertiary/aromatic N) is 4. The maximum atomic E-state index is 11.1. The fourth-order valence-corrected chi connectivity index (χ4v) is 2.31. The molecule has 12 heavy (non-hydrogen) atoms. The summed E-state index contributed by atoms with van der Waals surface area (Å²) in [6, 6.07) is 0.